The molecule has 0 saturated heterocycles. The summed E-state index contributed by atoms with van der Waals surface area (Å²) in [6.07, 6.45) is 0. The summed E-state index contributed by atoms with van der Waals surface area (Å²) in [5, 5.41) is 13.5. The Morgan fingerprint density at radius 1 is 1.53 bits per heavy atom. The predicted molar refractivity (Wildman–Crippen MR) is 78.5 cm³/mol. The molecule has 0 fully saturated rings. The lowest BCUT2D eigenvalue weighted by atomic mass is 10.2. The molecule has 0 radical (unpaired) electrons. The Bertz CT molecular complexity index is 618. The molecule has 0 aromatic carbocycles. The molecular weight excluding hydrogens is 278 g/mol. The number of aliphatic hydroxyl groups is 1. The van der Waals surface area contributed by atoms with Crippen LogP contribution < -0.4 is 5.32 Å². The van der Waals surface area contributed by atoms with E-state index in [1.165, 1.54) is 11.3 Å². The van der Waals surface area contributed by atoms with Gasteiger partial charge in [-0.3, -0.25) is 4.79 Å². The number of aliphatic hydroxyl groups excluding tert-OH is 1. The lowest BCUT2D eigenvalue weighted by Crippen LogP contribution is -2.21. The van der Waals surface area contributed by atoms with E-state index in [0.717, 1.165) is 15.3 Å². The van der Waals surface area contributed by atoms with Gasteiger partial charge in [-0.25, -0.2) is 0 Å². The minimum Gasteiger partial charge on any atom is -0.384 e. The second-order valence-electron chi connectivity index (χ2n) is 3.84. The van der Waals surface area contributed by atoms with Gasteiger partial charge in [-0.05, 0) is 30.0 Å². The van der Waals surface area contributed by atoms with E-state index in [-0.39, 0.29) is 12.5 Å². The first-order valence-corrected chi connectivity index (χ1v) is 7.41. The van der Waals surface area contributed by atoms with Gasteiger partial charge in [-0.1, -0.05) is 17.9 Å². The number of carbonyl (C=O) groups is 1. The number of aryl methyl sites for hydroxylation is 1. The number of rotatable bonds is 3. The van der Waals surface area contributed by atoms with Gasteiger partial charge in [-0.15, -0.1) is 22.7 Å². The normalized spacial score (nSPS) is 9.79. The standard InChI is InChI=1S/C14H13NO2S2/c1-10-8-13(19-12(10)5-2-6-16)14(17)15-9-11-4-3-7-18-11/h3-4,7-8,16H,6,9H2,1H3,(H,15,17). The number of carbonyl (C=O) groups excluding carboxylic acids is 1. The van der Waals surface area contributed by atoms with Crippen molar-refractivity contribution in [1.82, 2.24) is 5.32 Å². The molecule has 2 N–H and O–H groups in total. The van der Waals surface area contributed by atoms with Crippen molar-refractivity contribution < 1.29 is 9.90 Å². The number of hydrogen-bond donors (Lipinski definition) is 2. The second kappa shape index (κ2) is 6.53. The van der Waals surface area contributed by atoms with Gasteiger partial charge < -0.3 is 10.4 Å². The van der Waals surface area contributed by atoms with Crippen LogP contribution in [0.5, 0.6) is 0 Å². The maximum Gasteiger partial charge on any atom is 0.261 e. The number of thiophene rings is 2. The highest BCUT2D eigenvalue weighted by Gasteiger charge is 2.11. The maximum absolute atomic E-state index is 12.0. The lowest BCUT2D eigenvalue weighted by molar-refractivity contribution is 0.0955. The SMILES string of the molecule is Cc1cc(C(=O)NCc2cccs2)sc1C#CCO. The number of nitrogens with one attached hydrogen (secondary N) is 1. The van der Waals surface area contributed by atoms with E-state index in [1.54, 1.807) is 11.3 Å². The minimum atomic E-state index is -0.169. The van der Waals surface area contributed by atoms with Gasteiger partial charge in [-0.2, -0.15) is 0 Å². The van der Waals surface area contributed by atoms with Crippen LogP contribution >= 0.6 is 22.7 Å². The highest BCUT2D eigenvalue weighted by atomic mass is 32.1. The fourth-order valence-electron chi connectivity index (χ4n) is 1.51. The van der Waals surface area contributed by atoms with E-state index < -0.39 is 0 Å². The van der Waals surface area contributed by atoms with E-state index in [4.69, 9.17) is 5.11 Å². The van der Waals surface area contributed by atoms with Crippen LogP contribution in [0, 0.1) is 18.8 Å². The van der Waals surface area contributed by atoms with Gasteiger partial charge in [0.25, 0.3) is 5.91 Å². The lowest BCUT2D eigenvalue weighted by Gasteiger charge is -2.00. The molecule has 0 atom stereocenters. The second-order valence-corrected chi connectivity index (χ2v) is 5.93. The fraction of sp³-hybridized carbons (Fsp3) is 0.214. The highest BCUT2D eigenvalue weighted by Crippen LogP contribution is 2.21. The van der Waals surface area contributed by atoms with E-state index in [0.29, 0.717) is 11.4 Å². The van der Waals surface area contributed by atoms with Crippen molar-refractivity contribution >= 4 is 28.6 Å². The van der Waals surface area contributed by atoms with E-state index in [2.05, 4.69) is 17.2 Å². The summed E-state index contributed by atoms with van der Waals surface area (Å²) in [5.41, 5.74) is 0.965. The van der Waals surface area contributed by atoms with Crippen LogP contribution in [-0.4, -0.2) is 17.6 Å². The average molecular weight is 291 g/mol. The van der Waals surface area contributed by atoms with Crippen molar-refractivity contribution in [2.75, 3.05) is 6.61 Å². The zero-order valence-electron chi connectivity index (χ0n) is 10.4. The maximum atomic E-state index is 12.0. The first-order valence-electron chi connectivity index (χ1n) is 5.71. The summed E-state index contributed by atoms with van der Waals surface area (Å²) >= 11 is 2.97. The molecule has 1 amide bonds. The van der Waals surface area contributed by atoms with Gasteiger partial charge in [0.05, 0.1) is 16.3 Å². The van der Waals surface area contributed by atoms with Gasteiger partial charge in [0, 0.05) is 4.88 Å². The summed E-state index contributed by atoms with van der Waals surface area (Å²) in [5.74, 6) is 5.36. The van der Waals surface area contributed by atoms with Crippen LogP contribution in [0.3, 0.4) is 0 Å². The molecule has 2 heterocycles. The molecule has 3 nitrogen and oxygen atoms in total. The first kappa shape index (κ1) is 13.8. The predicted octanol–water partition coefficient (Wildman–Crippen LogP) is 2.39. The van der Waals surface area contributed by atoms with Crippen molar-refractivity contribution in [2.24, 2.45) is 0 Å². The molecule has 0 aliphatic carbocycles. The van der Waals surface area contributed by atoms with Crippen LogP contribution in [-0.2, 0) is 6.54 Å². The molecule has 2 aromatic heterocycles. The van der Waals surface area contributed by atoms with Crippen LogP contribution in [0.15, 0.2) is 23.6 Å². The quantitative estimate of drug-likeness (QED) is 0.853. The third kappa shape index (κ3) is 3.67. The van der Waals surface area contributed by atoms with Crippen molar-refractivity contribution in [3.63, 3.8) is 0 Å². The Kier molecular flexibility index (Phi) is 4.74. The monoisotopic (exact) mass is 291 g/mol. The summed E-state index contributed by atoms with van der Waals surface area (Å²) in [6, 6.07) is 5.78. The Balaban J connectivity index is 2.03. The Labute approximate surface area is 119 Å². The summed E-state index contributed by atoms with van der Waals surface area (Å²) in [4.78, 5) is 14.6. The van der Waals surface area contributed by atoms with E-state index in [1.807, 2.05) is 30.5 Å². The fourth-order valence-corrected chi connectivity index (χ4v) is 3.11. The van der Waals surface area contributed by atoms with Crippen LogP contribution in [0.1, 0.15) is 25.0 Å². The Morgan fingerprint density at radius 2 is 2.37 bits per heavy atom. The van der Waals surface area contributed by atoms with Crippen LogP contribution in [0.2, 0.25) is 0 Å². The van der Waals surface area contributed by atoms with Gasteiger partial charge >= 0.3 is 0 Å². The summed E-state index contributed by atoms with van der Waals surface area (Å²) < 4.78 is 0. The Morgan fingerprint density at radius 3 is 3.05 bits per heavy atom. The molecule has 98 valence electrons. The molecule has 19 heavy (non-hydrogen) atoms. The molecule has 5 heteroatoms. The molecule has 0 bridgehead atoms. The largest absolute Gasteiger partial charge is 0.384 e. The van der Waals surface area contributed by atoms with Gasteiger partial charge in [0.1, 0.15) is 6.61 Å². The molecule has 0 saturated carbocycles. The van der Waals surface area contributed by atoms with Crippen molar-refractivity contribution in [1.29, 1.82) is 0 Å². The van der Waals surface area contributed by atoms with E-state index >= 15 is 0 Å². The van der Waals surface area contributed by atoms with Crippen molar-refractivity contribution in [3.05, 3.63) is 43.8 Å². The number of amides is 1. The summed E-state index contributed by atoms with van der Waals surface area (Å²) in [6.45, 7) is 2.29. The average Bonchev–Trinajstić information content (AvgIpc) is 3.03. The van der Waals surface area contributed by atoms with E-state index in [9.17, 15) is 4.79 Å². The third-order valence-electron chi connectivity index (χ3n) is 2.43. The molecule has 0 spiro atoms. The molecule has 0 aliphatic rings. The zero-order chi connectivity index (χ0) is 13.7. The smallest absolute Gasteiger partial charge is 0.261 e. The number of hydrogen-bond acceptors (Lipinski definition) is 4. The first-order chi connectivity index (χ1) is 9.20. The van der Waals surface area contributed by atoms with Gasteiger partial charge in [0.2, 0.25) is 0 Å². The zero-order valence-corrected chi connectivity index (χ0v) is 12.0. The topological polar surface area (TPSA) is 49.3 Å². The molecule has 0 aliphatic heterocycles. The third-order valence-corrected chi connectivity index (χ3v) is 4.45. The molecule has 2 rings (SSSR count). The minimum absolute atomic E-state index is 0.0847. The van der Waals surface area contributed by atoms with Crippen LogP contribution in [0.4, 0.5) is 0 Å². The molecular formula is C14H13NO2S2. The molecule has 2 aromatic rings. The molecule has 0 unspecified atom stereocenters. The highest BCUT2D eigenvalue weighted by molar-refractivity contribution is 7.14. The van der Waals surface area contributed by atoms with Gasteiger partial charge in [0.15, 0.2) is 0 Å². The van der Waals surface area contributed by atoms with Crippen molar-refractivity contribution in [3.8, 4) is 11.8 Å². The summed E-state index contributed by atoms with van der Waals surface area (Å²) in [7, 11) is 0. The Hall–Kier alpha value is -1.61. The van der Waals surface area contributed by atoms with Crippen molar-refractivity contribution in [2.45, 2.75) is 13.5 Å². The van der Waals surface area contributed by atoms with Crippen LogP contribution in [0.25, 0.3) is 0 Å².